The van der Waals surface area contributed by atoms with E-state index in [0.29, 0.717) is 0 Å². The molecule has 68 valence electrons. The van der Waals surface area contributed by atoms with Crippen molar-refractivity contribution in [2.45, 2.75) is 40.0 Å². The van der Waals surface area contributed by atoms with Gasteiger partial charge in [0, 0.05) is 0 Å². The smallest absolute Gasteiger partial charge is 0.00518 e. The van der Waals surface area contributed by atoms with Gasteiger partial charge in [0.2, 0.25) is 0 Å². The first-order valence-electron chi connectivity index (χ1n) is 4.87. The molecule has 0 aromatic carbocycles. The van der Waals surface area contributed by atoms with E-state index in [2.05, 4.69) is 26.1 Å². The number of rotatable bonds is 6. The molecule has 0 spiro atoms. The molecule has 1 heteroatoms. The summed E-state index contributed by atoms with van der Waals surface area (Å²) in [5.74, 6) is 1.79. The molecule has 0 radical (unpaired) electrons. The predicted octanol–water partition coefficient (Wildman–Crippen LogP) is 2.67. The molecule has 2 atom stereocenters. The Balaban J connectivity index is 3.28. The van der Waals surface area contributed by atoms with Gasteiger partial charge in [-0.3, -0.25) is 0 Å². The fourth-order valence-electron chi connectivity index (χ4n) is 1.29. The van der Waals surface area contributed by atoms with Crippen molar-refractivity contribution in [3.63, 3.8) is 0 Å². The Bertz CT molecular complexity index is 80.9. The fourth-order valence-corrected chi connectivity index (χ4v) is 1.29. The van der Waals surface area contributed by atoms with Crippen molar-refractivity contribution in [2.24, 2.45) is 11.8 Å². The lowest BCUT2D eigenvalue weighted by atomic mass is 9.90. The molecule has 0 saturated heterocycles. The lowest BCUT2D eigenvalue weighted by Gasteiger charge is -2.17. The summed E-state index contributed by atoms with van der Waals surface area (Å²) in [5.41, 5.74) is 0. The summed E-state index contributed by atoms with van der Waals surface area (Å²) in [6, 6.07) is 0. The number of nitrogens with one attached hydrogen (secondary N) is 1. The van der Waals surface area contributed by atoms with Crippen LogP contribution in [0, 0.1) is 11.8 Å². The lowest BCUT2D eigenvalue weighted by Crippen LogP contribution is -2.12. The zero-order chi connectivity index (χ0) is 8.69. The highest BCUT2D eigenvalue weighted by molar-refractivity contribution is 4.60. The second kappa shape index (κ2) is 6.66. The van der Waals surface area contributed by atoms with Crippen LogP contribution in [0.5, 0.6) is 0 Å². The molecule has 0 aliphatic heterocycles. The molecule has 1 nitrogen and oxygen atoms in total. The summed E-state index contributed by atoms with van der Waals surface area (Å²) in [4.78, 5) is 0. The first-order chi connectivity index (χ1) is 5.22. The largest absolute Gasteiger partial charge is 0.320 e. The molecule has 0 aromatic rings. The van der Waals surface area contributed by atoms with Gasteiger partial charge in [-0.15, -0.1) is 0 Å². The van der Waals surface area contributed by atoms with E-state index in [1.54, 1.807) is 0 Å². The van der Waals surface area contributed by atoms with Crippen LogP contribution in [0.25, 0.3) is 0 Å². The van der Waals surface area contributed by atoms with Crippen LogP contribution in [0.3, 0.4) is 0 Å². The van der Waals surface area contributed by atoms with Crippen LogP contribution in [0.2, 0.25) is 0 Å². The van der Waals surface area contributed by atoms with Crippen LogP contribution >= 0.6 is 0 Å². The Kier molecular flexibility index (Phi) is 6.63. The third kappa shape index (κ3) is 5.25. The Morgan fingerprint density at radius 1 is 1.18 bits per heavy atom. The second-order valence-corrected chi connectivity index (χ2v) is 3.61. The minimum absolute atomic E-state index is 0.895. The maximum absolute atomic E-state index is 3.18. The van der Waals surface area contributed by atoms with Crippen molar-refractivity contribution < 1.29 is 0 Å². The first-order valence-corrected chi connectivity index (χ1v) is 4.87. The van der Waals surface area contributed by atoms with Crippen LogP contribution in [-0.4, -0.2) is 13.6 Å². The highest BCUT2D eigenvalue weighted by atomic mass is 14.8. The van der Waals surface area contributed by atoms with Gasteiger partial charge in [-0.2, -0.15) is 0 Å². The van der Waals surface area contributed by atoms with Gasteiger partial charge in [0.15, 0.2) is 0 Å². The Morgan fingerprint density at radius 3 is 2.27 bits per heavy atom. The van der Waals surface area contributed by atoms with Crippen LogP contribution in [0.15, 0.2) is 0 Å². The molecule has 11 heavy (non-hydrogen) atoms. The van der Waals surface area contributed by atoms with Crippen LogP contribution in [-0.2, 0) is 0 Å². The molecule has 0 aromatic heterocycles. The standard InChI is InChI=1S/C10H23N/c1-5-9(2)10(3)7-6-8-11-4/h9-11H,5-8H2,1-4H3. The Labute approximate surface area is 71.6 Å². The van der Waals surface area contributed by atoms with Gasteiger partial charge < -0.3 is 5.32 Å². The van der Waals surface area contributed by atoms with E-state index in [4.69, 9.17) is 0 Å². The van der Waals surface area contributed by atoms with Crippen LogP contribution < -0.4 is 5.32 Å². The molecule has 0 saturated carbocycles. The zero-order valence-corrected chi connectivity index (χ0v) is 8.48. The van der Waals surface area contributed by atoms with E-state index >= 15 is 0 Å². The summed E-state index contributed by atoms with van der Waals surface area (Å²) in [7, 11) is 2.02. The molecule has 2 unspecified atom stereocenters. The highest BCUT2D eigenvalue weighted by Gasteiger charge is 2.08. The maximum atomic E-state index is 3.18. The van der Waals surface area contributed by atoms with E-state index in [1.807, 2.05) is 7.05 Å². The predicted molar refractivity (Wildman–Crippen MR) is 51.8 cm³/mol. The lowest BCUT2D eigenvalue weighted by molar-refractivity contribution is 0.346. The zero-order valence-electron chi connectivity index (χ0n) is 8.48. The van der Waals surface area contributed by atoms with Gasteiger partial charge in [0.1, 0.15) is 0 Å². The topological polar surface area (TPSA) is 12.0 Å². The third-order valence-electron chi connectivity index (χ3n) is 2.70. The molecule has 1 N–H and O–H groups in total. The monoisotopic (exact) mass is 157 g/mol. The summed E-state index contributed by atoms with van der Waals surface area (Å²) in [5, 5.41) is 3.18. The van der Waals surface area contributed by atoms with Crippen molar-refractivity contribution in [1.29, 1.82) is 0 Å². The van der Waals surface area contributed by atoms with E-state index in [-0.39, 0.29) is 0 Å². The van der Waals surface area contributed by atoms with Gasteiger partial charge in [-0.1, -0.05) is 27.2 Å². The normalized spacial score (nSPS) is 16.4. The summed E-state index contributed by atoms with van der Waals surface area (Å²) < 4.78 is 0. The molecule has 0 bridgehead atoms. The molecule has 0 rings (SSSR count). The average Bonchev–Trinajstić information content (AvgIpc) is 2.03. The minimum Gasteiger partial charge on any atom is -0.320 e. The molecule has 0 heterocycles. The van der Waals surface area contributed by atoms with E-state index in [9.17, 15) is 0 Å². The molecule has 0 fully saturated rings. The second-order valence-electron chi connectivity index (χ2n) is 3.61. The number of hydrogen-bond donors (Lipinski definition) is 1. The van der Waals surface area contributed by atoms with E-state index in [1.165, 1.54) is 25.8 Å². The van der Waals surface area contributed by atoms with Gasteiger partial charge >= 0.3 is 0 Å². The molecular weight excluding hydrogens is 134 g/mol. The quantitative estimate of drug-likeness (QED) is 0.584. The van der Waals surface area contributed by atoms with Crippen molar-refractivity contribution in [3.8, 4) is 0 Å². The van der Waals surface area contributed by atoms with E-state index in [0.717, 1.165) is 11.8 Å². The maximum Gasteiger partial charge on any atom is -0.00518 e. The van der Waals surface area contributed by atoms with Gasteiger partial charge in [0.25, 0.3) is 0 Å². The average molecular weight is 157 g/mol. The summed E-state index contributed by atoms with van der Waals surface area (Å²) >= 11 is 0. The van der Waals surface area contributed by atoms with Crippen molar-refractivity contribution in [1.82, 2.24) is 5.32 Å². The van der Waals surface area contributed by atoms with Crippen molar-refractivity contribution in [2.75, 3.05) is 13.6 Å². The highest BCUT2D eigenvalue weighted by Crippen LogP contribution is 2.18. The minimum atomic E-state index is 0.895. The molecule has 0 amide bonds. The molecule has 0 aliphatic rings. The number of hydrogen-bond acceptors (Lipinski definition) is 1. The van der Waals surface area contributed by atoms with Crippen LogP contribution in [0.1, 0.15) is 40.0 Å². The van der Waals surface area contributed by atoms with Gasteiger partial charge in [-0.25, -0.2) is 0 Å². The first kappa shape index (κ1) is 11.0. The summed E-state index contributed by atoms with van der Waals surface area (Å²) in [6.45, 7) is 8.16. The molecule has 0 aliphatic carbocycles. The van der Waals surface area contributed by atoms with Crippen LogP contribution in [0.4, 0.5) is 0 Å². The molecular formula is C10H23N. The van der Waals surface area contributed by atoms with Gasteiger partial charge in [-0.05, 0) is 38.3 Å². The Hall–Kier alpha value is -0.0400. The third-order valence-corrected chi connectivity index (χ3v) is 2.70. The fraction of sp³-hybridized carbons (Fsp3) is 1.00. The Morgan fingerprint density at radius 2 is 1.82 bits per heavy atom. The van der Waals surface area contributed by atoms with Crippen molar-refractivity contribution >= 4 is 0 Å². The van der Waals surface area contributed by atoms with E-state index < -0.39 is 0 Å². The van der Waals surface area contributed by atoms with Crippen molar-refractivity contribution in [3.05, 3.63) is 0 Å². The SMILES string of the molecule is CCC(C)C(C)CCCNC. The summed E-state index contributed by atoms with van der Waals surface area (Å²) in [6.07, 6.45) is 4.01. The van der Waals surface area contributed by atoms with Gasteiger partial charge in [0.05, 0.1) is 0 Å².